The fourth-order valence-corrected chi connectivity index (χ4v) is 2.81. The standard InChI is InChI=1S/C20H18ClF2N5O2.ClH/c1-28(2)12-5-3-11(4-6-12)10-24-20(30)17-9-18(27-26-17)25-19(29)13-7-15(22)16(23)8-14(13)21;/h3-9H,10H2,1-2H3,(H,24,30)(H2,25,26,27,29);1H. The molecule has 0 atom stereocenters. The fraction of sp³-hybridized carbons (Fsp3) is 0.150. The third kappa shape index (κ3) is 5.93. The van der Waals surface area contributed by atoms with Crippen LogP contribution in [0, 0.1) is 11.6 Å². The van der Waals surface area contributed by atoms with Crippen LogP contribution in [-0.2, 0) is 6.54 Å². The number of hydrogen-bond acceptors (Lipinski definition) is 4. The van der Waals surface area contributed by atoms with Crippen molar-refractivity contribution in [3.8, 4) is 0 Å². The molecule has 0 bridgehead atoms. The largest absolute Gasteiger partial charge is 0.378 e. The van der Waals surface area contributed by atoms with Gasteiger partial charge < -0.3 is 15.5 Å². The van der Waals surface area contributed by atoms with E-state index < -0.39 is 23.4 Å². The van der Waals surface area contributed by atoms with Gasteiger partial charge in [0.25, 0.3) is 11.8 Å². The van der Waals surface area contributed by atoms with Gasteiger partial charge in [0.1, 0.15) is 5.82 Å². The number of carbonyl (C=O) groups excluding carboxylic acids is 2. The first-order chi connectivity index (χ1) is 14.2. The lowest BCUT2D eigenvalue weighted by Gasteiger charge is -2.12. The zero-order valence-electron chi connectivity index (χ0n) is 16.5. The lowest BCUT2D eigenvalue weighted by atomic mass is 10.2. The van der Waals surface area contributed by atoms with E-state index in [0.717, 1.165) is 11.3 Å². The summed E-state index contributed by atoms with van der Waals surface area (Å²) < 4.78 is 26.5. The van der Waals surface area contributed by atoms with E-state index in [4.69, 9.17) is 11.6 Å². The van der Waals surface area contributed by atoms with Crippen LogP contribution in [-0.4, -0.2) is 36.1 Å². The number of H-pyrrole nitrogens is 1. The molecule has 3 aromatic rings. The van der Waals surface area contributed by atoms with Gasteiger partial charge in [-0.1, -0.05) is 23.7 Å². The van der Waals surface area contributed by atoms with Crippen LogP contribution in [0.15, 0.2) is 42.5 Å². The zero-order chi connectivity index (χ0) is 21.8. The predicted octanol–water partition coefficient (Wildman–Crippen LogP) is 4.01. The fourth-order valence-electron chi connectivity index (χ4n) is 2.57. The van der Waals surface area contributed by atoms with Crippen LogP contribution in [0.2, 0.25) is 5.02 Å². The van der Waals surface area contributed by atoms with Gasteiger partial charge in [0, 0.05) is 32.4 Å². The van der Waals surface area contributed by atoms with Crippen molar-refractivity contribution in [1.29, 1.82) is 0 Å². The molecular weight excluding hydrogens is 451 g/mol. The predicted molar refractivity (Wildman–Crippen MR) is 117 cm³/mol. The van der Waals surface area contributed by atoms with Crippen molar-refractivity contribution in [3.05, 3.63) is 75.9 Å². The van der Waals surface area contributed by atoms with Gasteiger partial charge in [-0.3, -0.25) is 14.7 Å². The molecule has 0 unspecified atom stereocenters. The first kappa shape index (κ1) is 24.1. The van der Waals surface area contributed by atoms with Crippen LogP contribution in [0.4, 0.5) is 20.3 Å². The van der Waals surface area contributed by atoms with Crippen molar-refractivity contribution in [2.24, 2.45) is 0 Å². The second-order valence-corrected chi connectivity index (χ2v) is 7.02. The van der Waals surface area contributed by atoms with Crippen LogP contribution in [0.1, 0.15) is 26.4 Å². The van der Waals surface area contributed by atoms with Crippen molar-refractivity contribution in [1.82, 2.24) is 15.5 Å². The summed E-state index contributed by atoms with van der Waals surface area (Å²) in [6.07, 6.45) is 0. The number of aromatic amines is 1. The van der Waals surface area contributed by atoms with E-state index in [9.17, 15) is 18.4 Å². The topological polar surface area (TPSA) is 90.1 Å². The van der Waals surface area contributed by atoms with Gasteiger partial charge in [-0.2, -0.15) is 5.10 Å². The van der Waals surface area contributed by atoms with Crippen molar-refractivity contribution < 1.29 is 18.4 Å². The number of aromatic nitrogens is 2. The van der Waals surface area contributed by atoms with E-state index >= 15 is 0 Å². The Morgan fingerprint density at radius 1 is 1.06 bits per heavy atom. The molecule has 3 N–H and O–H groups in total. The summed E-state index contributed by atoms with van der Waals surface area (Å²) in [5.74, 6) is -3.49. The Bertz CT molecular complexity index is 1090. The SMILES string of the molecule is CN(C)c1ccc(CNC(=O)c2cc(NC(=O)c3cc(F)c(F)cc3Cl)[nH]n2)cc1.Cl. The summed E-state index contributed by atoms with van der Waals surface area (Å²) in [6, 6.07) is 10.4. The number of hydrogen-bond donors (Lipinski definition) is 3. The molecule has 1 heterocycles. The number of nitrogens with zero attached hydrogens (tertiary/aromatic N) is 2. The average molecular weight is 470 g/mol. The molecule has 0 saturated heterocycles. The molecule has 0 aliphatic rings. The first-order valence-corrected chi connectivity index (χ1v) is 9.18. The lowest BCUT2D eigenvalue weighted by Crippen LogP contribution is -2.23. The molecule has 0 aliphatic carbocycles. The highest BCUT2D eigenvalue weighted by atomic mass is 35.5. The maximum absolute atomic E-state index is 13.4. The van der Waals surface area contributed by atoms with E-state index in [1.807, 2.05) is 43.3 Å². The monoisotopic (exact) mass is 469 g/mol. The number of amides is 2. The van der Waals surface area contributed by atoms with Gasteiger partial charge in [-0.25, -0.2) is 8.78 Å². The van der Waals surface area contributed by atoms with E-state index in [1.54, 1.807) is 0 Å². The maximum atomic E-state index is 13.4. The minimum Gasteiger partial charge on any atom is -0.378 e. The Kier molecular flexibility index (Phi) is 7.95. The van der Waals surface area contributed by atoms with Crippen molar-refractivity contribution in [2.75, 3.05) is 24.3 Å². The highest BCUT2D eigenvalue weighted by Crippen LogP contribution is 2.21. The minimum atomic E-state index is -1.20. The lowest BCUT2D eigenvalue weighted by molar-refractivity contribution is 0.0945. The molecule has 1 aromatic heterocycles. The zero-order valence-corrected chi connectivity index (χ0v) is 18.1. The number of rotatable bonds is 6. The maximum Gasteiger partial charge on any atom is 0.272 e. The molecule has 3 rings (SSSR count). The van der Waals surface area contributed by atoms with E-state index in [-0.39, 0.29) is 34.5 Å². The molecule has 0 radical (unpaired) electrons. The molecule has 0 fully saturated rings. The third-order valence-electron chi connectivity index (χ3n) is 4.22. The quantitative estimate of drug-likeness (QED) is 0.475. The van der Waals surface area contributed by atoms with E-state index in [0.29, 0.717) is 18.7 Å². The van der Waals surface area contributed by atoms with Crippen molar-refractivity contribution in [3.63, 3.8) is 0 Å². The van der Waals surface area contributed by atoms with E-state index in [2.05, 4.69) is 20.8 Å². The first-order valence-electron chi connectivity index (χ1n) is 8.80. The van der Waals surface area contributed by atoms with Crippen molar-refractivity contribution >= 4 is 47.3 Å². The van der Waals surface area contributed by atoms with Gasteiger partial charge in [0.2, 0.25) is 0 Å². The Labute approximate surface area is 188 Å². The molecule has 2 aromatic carbocycles. The highest BCUT2D eigenvalue weighted by Gasteiger charge is 2.17. The Morgan fingerprint density at radius 3 is 2.35 bits per heavy atom. The minimum absolute atomic E-state index is 0. The molecular formula is C20H19Cl2F2N5O2. The number of benzene rings is 2. The molecule has 31 heavy (non-hydrogen) atoms. The smallest absolute Gasteiger partial charge is 0.272 e. The highest BCUT2D eigenvalue weighted by molar-refractivity contribution is 6.34. The number of halogens is 4. The second kappa shape index (κ2) is 10.2. The van der Waals surface area contributed by atoms with Gasteiger partial charge in [-0.15, -0.1) is 12.4 Å². The molecule has 11 heteroatoms. The van der Waals surface area contributed by atoms with E-state index in [1.165, 1.54) is 6.07 Å². The van der Waals surface area contributed by atoms with Crippen LogP contribution >= 0.6 is 24.0 Å². The number of carbonyl (C=O) groups is 2. The second-order valence-electron chi connectivity index (χ2n) is 6.61. The molecule has 164 valence electrons. The Balaban J connectivity index is 0.00000341. The van der Waals surface area contributed by atoms with Crippen LogP contribution in [0.3, 0.4) is 0 Å². The summed E-state index contributed by atoms with van der Waals surface area (Å²) >= 11 is 5.78. The van der Waals surface area contributed by atoms with Crippen LogP contribution in [0.25, 0.3) is 0 Å². The van der Waals surface area contributed by atoms with Gasteiger partial charge >= 0.3 is 0 Å². The molecule has 7 nitrogen and oxygen atoms in total. The summed E-state index contributed by atoms with van der Waals surface area (Å²) in [7, 11) is 3.87. The van der Waals surface area contributed by atoms with Crippen LogP contribution in [0.5, 0.6) is 0 Å². The third-order valence-corrected chi connectivity index (χ3v) is 4.53. The average Bonchev–Trinajstić information content (AvgIpc) is 3.17. The summed E-state index contributed by atoms with van der Waals surface area (Å²) in [5, 5.41) is 11.2. The number of anilines is 2. The summed E-state index contributed by atoms with van der Waals surface area (Å²) in [4.78, 5) is 26.5. The molecule has 2 amide bonds. The van der Waals surface area contributed by atoms with Gasteiger partial charge in [0.05, 0.1) is 10.6 Å². The summed E-state index contributed by atoms with van der Waals surface area (Å²) in [6.45, 7) is 0.297. The molecule has 0 spiro atoms. The Morgan fingerprint density at radius 2 is 1.71 bits per heavy atom. The van der Waals surface area contributed by atoms with Crippen LogP contribution < -0.4 is 15.5 Å². The molecule has 0 saturated carbocycles. The molecule has 0 aliphatic heterocycles. The normalized spacial score (nSPS) is 10.2. The van der Waals surface area contributed by atoms with Crippen molar-refractivity contribution in [2.45, 2.75) is 6.54 Å². The summed E-state index contributed by atoms with van der Waals surface area (Å²) in [5.41, 5.74) is 1.74. The van der Waals surface area contributed by atoms with Gasteiger partial charge in [0.15, 0.2) is 17.3 Å². The van der Waals surface area contributed by atoms with Gasteiger partial charge in [-0.05, 0) is 29.8 Å². The Hall–Kier alpha value is -3.17. The number of nitrogens with one attached hydrogen (secondary N) is 3.